The maximum Gasteiger partial charge on any atom is 0.231 e. The number of carbonyl (C=O) groups excluding carboxylic acids is 1. The Bertz CT molecular complexity index is 1170. The van der Waals surface area contributed by atoms with Crippen LogP contribution in [-0.2, 0) is 16.1 Å². The minimum atomic E-state index is -0.343. The molecule has 0 aliphatic carbocycles. The molecule has 1 unspecified atom stereocenters. The fourth-order valence-electron chi connectivity index (χ4n) is 3.34. The molecule has 1 N–H and O–H groups in total. The number of nitrogens with zero attached hydrogens (tertiary/aromatic N) is 3. The van der Waals surface area contributed by atoms with Gasteiger partial charge in [-0.2, -0.15) is 0 Å². The molecule has 0 radical (unpaired) electrons. The van der Waals surface area contributed by atoms with Crippen LogP contribution in [0.2, 0.25) is 0 Å². The van der Waals surface area contributed by atoms with Gasteiger partial charge in [0.1, 0.15) is 5.82 Å². The summed E-state index contributed by atoms with van der Waals surface area (Å²) in [5.41, 5.74) is 1.78. The summed E-state index contributed by atoms with van der Waals surface area (Å²) in [7, 11) is 1.65. The third-order valence-corrected chi connectivity index (χ3v) is 6.84. The van der Waals surface area contributed by atoms with Crippen molar-refractivity contribution in [3.05, 3.63) is 88.4 Å². The normalized spacial score (nSPS) is 11.9. The van der Waals surface area contributed by atoms with Crippen LogP contribution in [0.1, 0.15) is 16.5 Å². The molecule has 4 rings (SSSR count). The lowest BCUT2D eigenvalue weighted by Gasteiger charge is -2.18. The fraction of sp³-hybridized carbons (Fsp3) is 0.208. The summed E-state index contributed by atoms with van der Waals surface area (Å²) in [5, 5.41) is 14.3. The van der Waals surface area contributed by atoms with Gasteiger partial charge in [-0.05, 0) is 29.1 Å². The molecule has 0 fully saturated rings. The largest absolute Gasteiger partial charge is 0.383 e. The standard InChI is InChI=1S/C24H23FN4O2S2/c1-31-14-13-29-23(18-6-3-2-4-7-18)27-28-24(29)33-16-21(30)26-22(20-8-5-15-32-20)17-9-11-19(25)12-10-17/h2-12,15,22H,13-14,16H2,1H3,(H,26,30). The molecule has 0 spiro atoms. The SMILES string of the molecule is COCCn1c(SCC(=O)NC(c2ccc(F)cc2)c2cccs2)nnc1-c1ccccc1. The van der Waals surface area contributed by atoms with Crippen molar-refractivity contribution in [2.45, 2.75) is 17.7 Å². The van der Waals surface area contributed by atoms with E-state index in [9.17, 15) is 9.18 Å². The van der Waals surface area contributed by atoms with Gasteiger partial charge >= 0.3 is 0 Å². The summed E-state index contributed by atoms with van der Waals surface area (Å²) >= 11 is 2.87. The van der Waals surface area contributed by atoms with E-state index in [1.807, 2.05) is 52.4 Å². The lowest BCUT2D eigenvalue weighted by molar-refractivity contribution is -0.119. The molecule has 4 aromatic rings. The average Bonchev–Trinajstić information content (AvgIpc) is 3.51. The second-order valence-electron chi connectivity index (χ2n) is 7.17. The maximum atomic E-state index is 13.4. The van der Waals surface area contributed by atoms with Gasteiger partial charge in [0.2, 0.25) is 5.91 Å². The van der Waals surface area contributed by atoms with Crippen LogP contribution in [0, 0.1) is 5.82 Å². The first-order chi connectivity index (χ1) is 16.2. The number of carbonyl (C=O) groups is 1. The molecule has 1 atom stereocenters. The van der Waals surface area contributed by atoms with Gasteiger partial charge in [0, 0.05) is 17.6 Å². The second-order valence-corrected chi connectivity index (χ2v) is 9.09. The number of thiophene rings is 1. The van der Waals surface area contributed by atoms with Gasteiger partial charge in [0.15, 0.2) is 11.0 Å². The molecular formula is C24H23FN4O2S2. The summed E-state index contributed by atoms with van der Waals surface area (Å²) < 4.78 is 20.6. The van der Waals surface area contributed by atoms with Gasteiger partial charge in [0.05, 0.1) is 24.9 Å². The molecule has 170 valence electrons. The average molecular weight is 483 g/mol. The van der Waals surface area contributed by atoms with E-state index in [-0.39, 0.29) is 23.5 Å². The van der Waals surface area contributed by atoms with E-state index in [1.165, 1.54) is 23.9 Å². The van der Waals surface area contributed by atoms with Crippen molar-refractivity contribution in [2.24, 2.45) is 0 Å². The molecule has 0 bridgehead atoms. The topological polar surface area (TPSA) is 69.0 Å². The van der Waals surface area contributed by atoms with Crippen molar-refractivity contribution in [1.82, 2.24) is 20.1 Å². The summed E-state index contributed by atoms with van der Waals surface area (Å²) in [6, 6.07) is 19.5. The van der Waals surface area contributed by atoms with Crippen molar-refractivity contribution < 1.29 is 13.9 Å². The van der Waals surface area contributed by atoms with E-state index < -0.39 is 0 Å². The fourth-order valence-corrected chi connectivity index (χ4v) is 4.92. The van der Waals surface area contributed by atoms with Crippen LogP contribution in [-0.4, -0.2) is 40.1 Å². The maximum absolute atomic E-state index is 13.4. The van der Waals surface area contributed by atoms with Crippen molar-refractivity contribution in [2.75, 3.05) is 19.5 Å². The number of hydrogen-bond acceptors (Lipinski definition) is 6. The van der Waals surface area contributed by atoms with Gasteiger partial charge in [0.25, 0.3) is 0 Å². The first-order valence-corrected chi connectivity index (χ1v) is 12.2. The zero-order chi connectivity index (χ0) is 23.0. The Morgan fingerprint density at radius 2 is 1.91 bits per heavy atom. The number of thioether (sulfide) groups is 1. The van der Waals surface area contributed by atoms with Crippen molar-refractivity contribution in [1.29, 1.82) is 0 Å². The summed E-state index contributed by atoms with van der Waals surface area (Å²) in [6.45, 7) is 1.08. The lowest BCUT2D eigenvalue weighted by atomic mass is 10.1. The molecule has 0 aliphatic rings. The minimum Gasteiger partial charge on any atom is -0.383 e. The van der Waals surface area contributed by atoms with Crippen LogP contribution in [0.15, 0.2) is 77.3 Å². The Balaban J connectivity index is 1.48. The number of halogens is 1. The Morgan fingerprint density at radius 3 is 2.61 bits per heavy atom. The molecule has 9 heteroatoms. The molecule has 33 heavy (non-hydrogen) atoms. The number of ether oxygens (including phenoxy) is 1. The molecular weight excluding hydrogens is 459 g/mol. The first-order valence-electron chi connectivity index (χ1n) is 10.3. The highest BCUT2D eigenvalue weighted by Crippen LogP contribution is 2.27. The smallest absolute Gasteiger partial charge is 0.231 e. The van der Waals surface area contributed by atoms with Gasteiger partial charge in [-0.3, -0.25) is 9.36 Å². The van der Waals surface area contributed by atoms with Crippen molar-refractivity contribution >= 4 is 29.0 Å². The van der Waals surface area contributed by atoms with Crippen LogP contribution >= 0.6 is 23.1 Å². The predicted octanol–water partition coefficient (Wildman–Crippen LogP) is 4.79. The molecule has 0 saturated heterocycles. The van der Waals surface area contributed by atoms with E-state index in [1.54, 1.807) is 30.6 Å². The van der Waals surface area contributed by atoms with Gasteiger partial charge in [-0.15, -0.1) is 21.5 Å². The highest BCUT2D eigenvalue weighted by molar-refractivity contribution is 7.99. The van der Waals surface area contributed by atoms with E-state index in [0.717, 1.165) is 21.8 Å². The van der Waals surface area contributed by atoms with Crippen LogP contribution in [0.5, 0.6) is 0 Å². The molecule has 6 nitrogen and oxygen atoms in total. The highest BCUT2D eigenvalue weighted by Gasteiger charge is 2.20. The number of benzene rings is 2. The predicted molar refractivity (Wildman–Crippen MR) is 129 cm³/mol. The Hall–Kier alpha value is -3.01. The van der Waals surface area contributed by atoms with Gasteiger partial charge in [-0.25, -0.2) is 4.39 Å². The summed E-state index contributed by atoms with van der Waals surface area (Å²) in [6.07, 6.45) is 0. The zero-order valence-corrected chi connectivity index (χ0v) is 19.6. The number of hydrogen-bond donors (Lipinski definition) is 1. The zero-order valence-electron chi connectivity index (χ0n) is 18.0. The summed E-state index contributed by atoms with van der Waals surface area (Å²) in [5.74, 6) is 0.446. The highest BCUT2D eigenvalue weighted by atomic mass is 32.2. The van der Waals surface area contributed by atoms with Gasteiger partial charge < -0.3 is 10.1 Å². The first kappa shape index (κ1) is 23.2. The molecule has 1 amide bonds. The molecule has 0 aliphatic heterocycles. The van der Waals surface area contributed by atoms with Crippen LogP contribution < -0.4 is 5.32 Å². The number of nitrogens with one attached hydrogen (secondary N) is 1. The monoisotopic (exact) mass is 482 g/mol. The third-order valence-electron chi connectivity index (χ3n) is 4.94. The van der Waals surface area contributed by atoms with Crippen LogP contribution in [0.4, 0.5) is 4.39 Å². The third kappa shape index (κ3) is 5.87. The van der Waals surface area contributed by atoms with E-state index in [4.69, 9.17) is 4.74 Å². The number of amides is 1. The van der Waals surface area contributed by atoms with Crippen molar-refractivity contribution in [3.63, 3.8) is 0 Å². The molecule has 2 aromatic carbocycles. The molecule has 0 saturated carbocycles. The Morgan fingerprint density at radius 1 is 1.12 bits per heavy atom. The Labute approximate surface area is 199 Å². The second kappa shape index (κ2) is 11.2. The number of aromatic nitrogens is 3. The quantitative estimate of drug-likeness (QED) is 0.329. The van der Waals surface area contributed by atoms with E-state index in [2.05, 4.69) is 15.5 Å². The number of methoxy groups -OCH3 is 1. The van der Waals surface area contributed by atoms with E-state index in [0.29, 0.717) is 18.3 Å². The molecule has 2 aromatic heterocycles. The molecule has 2 heterocycles. The lowest BCUT2D eigenvalue weighted by Crippen LogP contribution is -2.30. The van der Waals surface area contributed by atoms with Gasteiger partial charge in [-0.1, -0.05) is 60.3 Å². The van der Waals surface area contributed by atoms with Crippen LogP contribution in [0.3, 0.4) is 0 Å². The number of rotatable bonds is 10. The van der Waals surface area contributed by atoms with Crippen LogP contribution in [0.25, 0.3) is 11.4 Å². The minimum absolute atomic E-state index is 0.148. The Kier molecular flexibility index (Phi) is 7.87. The van der Waals surface area contributed by atoms with Crippen molar-refractivity contribution in [3.8, 4) is 11.4 Å². The summed E-state index contributed by atoms with van der Waals surface area (Å²) in [4.78, 5) is 13.9. The van der Waals surface area contributed by atoms with E-state index >= 15 is 0 Å².